The lowest BCUT2D eigenvalue weighted by molar-refractivity contribution is 0.0697. The molecule has 0 aliphatic carbocycles. The largest absolute Gasteiger partial charge is 0.478 e. The van der Waals surface area contributed by atoms with E-state index in [9.17, 15) is 13.2 Å². The highest BCUT2D eigenvalue weighted by Crippen LogP contribution is 2.21. The van der Waals surface area contributed by atoms with E-state index in [4.69, 9.17) is 15.6 Å². The van der Waals surface area contributed by atoms with Gasteiger partial charge in [-0.3, -0.25) is 0 Å². The van der Waals surface area contributed by atoms with Crippen LogP contribution in [0.25, 0.3) is 0 Å². The van der Waals surface area contributed by atoms with E-state index < -0.39 is 22.0 Å². The van der Waals surface area contributed by atoms with E-state index in [1.54, 1.807) is 0 Å². The van der Waals surface area contributed by atoms with Gasteiger partial charge in [-0.15, -0.1) is 0 Å². The fourth-order valence-electron chi connectivity index (χ4n) is 1.73. The standard InChI is InChI=1S/C13H20N2O5S/c1-8(2)11(7-20-3)15-21(18,19)12-5-4-9(13(16)17)6-10(12)14/h4-6,8,11,15H,7,14H2,1-3H3,(H,16,17). The molecule has 0 saturated carbocycles. The lowest BCUT2D eigenvalue weighted by Gasteiger charge is -2.21. The van der Waals surface area contributed by atoms with E-state index in [2.05, 4.69) is 4.72 Å². The zero-order chi connectivity index (χ0) is 16.2. The number of benzene rings is 1. The first-order valence-corrected chi connectivity index (χ1v) is 7.81. The van der Waals surface area contributed by atoms with Crippen molar-refractivity contribution in [1.29, 1.82) is 0 Å². The number of methoxy groups -OCH3 is 1. The number of carbonyl (C=O) groups is 1. The minimum atomic E-state index is -3.85. The fraction of sp³-hybridized carbons (Fsp3) is 0.462. The highest BCUT2D eigenvalue weighted by molar-refractivity contribution is 7.89. The third-order valence-electron chi connectivity index (χ3n) is 3.00. The average molecular weight is 316 g/mol. The van der Waals surface area contributed by atoms with E-state index in [0.717, 1.165) is 6.07 Å². The minimum absolute atomic E-state index is 0.0271. The molecule has 21 heavy (non-hydrogen) atoms. The number of hydrogen-bond acceptors (Lipinski definition) is 5. The Bertz CT molecular complexity index is 613. The van der Waals surface area contributed by atoms with E-state index in [1.165, 1.54) is 19.2 Å². The van der Waals surface area contributed by atoms with Crippen LogP contribution in [-0.4, -0.2) is 39.3 Å². The Hall–Kier alpha value is -1.64. The highest BCUT2D eigenvalue weighted by atomic mass is 32.2. The SMILES string of the molecule is COCC(NS(=O)(=O)c1ccc(C(=O)O)cc1N)C(C)C. The molecule has 8 heteroatoms. The Labute approximate surface area is 124 Å². The number of rotatable bonds is 7. The molecule has 0 radical (unpaired) electrons. The van der Waals surface area contributed by atoms with Gasteiger partial charge >= 0.3 is 5.97 Å². The lowest BCUT2D eigenvalue weighted by atomic mass is 10.1. The third kappa shape index (κ3) is 4.42. The first-order valence-electron chi connectivity index (χ1n) is 6.33. The normalized spacial score (nSPS) is 13.3. The molecular weight excluding hydrogens is 296 g/mol. The van der Waals surface area contributed by atoms with Crippen LogP contribution in [-0.2, 0) is 14.8 Å². The van der Waals surface area contributed by atoms with Crippen molar-refractivity contribution in [2.75, 3.05) is 19.5 Å². The van der Waals surface area contributed by atoms with Crippen molar-refractivity contribution in [1.82, 2.24) is 4.72 Å². The van der Waals surface area contributed by atoms with Crippen LogP contribution in [0, 0.1) is 5.92 Å². The molecule has 0 bridgehead atoms. The van der Waals surface area contributed by atoms with Crippen LogP contribution in [0.1, 0.15) is 24.2 Å². The van der Waals surface area contributed by atoms with Crippen molar-refractivity contribution in [3.8, 4) is 0 Å². The monoisotopic (exact) mass is 316 g/mol. The van der Waals surface area contributed by atoms with Crippen LogP contribution in [0.3, 0.4) is 0 Å². The summed E-state index contributed by atoms with van der Waals surface area (Å²) in [5.74, 6) is -1.14. The number of carboxylic acid groups (broad SMARTS) is 1. The molecule has 7 nitrogen and oxygen atoms in total. The molecule has 1 aromatic carbocycles. The summed E-state index contributed by atoms with van der Waals surface area (Å²) in [7, 11) is -2.36. The van der Waals surface area contributed by atoms with Gasteiger partial charge in [-0.05, 0) is 24.1 Å². The summed E-state index contributed by atoms with van der Waals surface area (Å²) >= 11 is 0. The Kier molecular flexibility index (Phi) is 5.70. The predicted molar refractivity (Wildman–Crippen MR) is 78.6 cm³/mol. The summed E-state index contributed by atoms with van der Waals surface area (Å²) < 4.78 is 32.2. The number of anilines is 1. The van der Waals surface area contributed by atoms with Crippen molar-refractivity contribution in [2.45, 2.75) is 24.8 Å². The summed E-state index contributed by atoms with van der Waals surface area (Å²) in [5.41, 5.74) is 5.48. The summed E-state index contributed by atoms with van der Waals surface area (Å²) in [6.45, 7) is 3.95. The molecule has 118 valence electrons. The van der Waals surface area contributed by atoms with Crippen molar-refractivity contribution in [2.24, 2.45) is 5.92 Å². The molecule has 0 spiro atoms. The molecular formula is C13H20N2O5S. The van der Waals surface area contributed by atoms with Gasteiger partial charge in [-0.1, -0.05) is 13.8 Å². The number of nitrogen functional groups attached to an aromatic ring is 1. The summed E-state index contributed by atoms with van der Waals surface area (Å²) in [6, 6.07) is 3.11. The molecule has 0 saturated heterocycles. The summed E-state index contributed by atoms with van der Waals surface area (Å²) in [5, 5.41) is 8.85. The summed E-state index contributed by atoms with van der Waals surface area (Å²) in [4.78, 5) is 10.7. The number of sulfonamides is 1. The second-order valence-electron chi connectivity index (χ2n) is 4.98. The van der Waals surface area contributed by atoms with Crippen LogP contribution in [0.15, 0.2) is 23.1 Å². The quantitative estimate of drug-likeness (QED) is 0.644. The zero-order valence-electron chi connectivity index (χ0n) is 12.2. The van der Waals surface area contributed by atoms with E-state index in [0.29, 0.717) is 0 Å². The number of carboxylic acids is 1. The van der Waals surface area contributed by atoms with Crippen molar-refractivity contribution in [3.05, 3.63) is 23.8 Å². The van der Waals surface area contributed by atoms with Gasteiger partial charge in [0, 0.05) is 13.2 Å². The maximum absolute atomic E-state index is 12.3. The Morgan fingerprint density at radius 2 is 2.05 bits per heavy atom. The molecule has 0 amide bonds. The van der Waals surface area contributed by atoms with Crippen LogP contribution in [0.2, 0.25) is 0 Å². The second kappa shape index (κ2) is 6.88. The second-order valence-corrected chi connectivity index (χ2v) is 6.67. The number of hydrogen-bond donors (Lipinski definition) is 3. The topological polar surface area (TPSA) is 119 Å². The van der Waals surface area contributed by atoms with E-state index in [-0.39, 0.29) is 28.7 Å². The van der Waals surface area contributed by atoms with Crippen molar-refractivity contribution < 1.29 is 23.1 Å². The highest BCUT2D eigenvalue weighted by Gasteiger charge is 2.24. The molecule has 0 aromatic heterocycles. The van der Waals surface area contributed by atoms with Crippen molar-refractivity contribution >= 4 is 21.7 Å². The molecule has 4 N–H and O–H groups in total. The molecule has 1 atom stereocenters. The van der Waals surface area contributed by atoms with Crippen LogP contribution in [0.4, 0.5) is 5.69 Å². The van der Waals surface area contributed by atoms with Crippen LogP contribution >= 0.6 is 0 Å². The van der Waals surface area contributed by atoms with Gasteiger partial charge < -0.3 is 15.6 Å². The van der Waals surface area contributed by atoms with Crippen molar-refractivity contribution in [3.63, 3.8) is 0 Å². The first-order chi connectivity index (χ1) is 9.69. The zero-order valence-corrected chi connectivity index (χ0v) is 13.0. The van der Waals surface area contributed by atoms with Gasteiger partial charge in [0.15, 0.2) is 0 Å². The van der Waals surface area contributed by atoms with Crippen LogP contribution < -0.4 is 10.5 Å². The number of nitrogens with two attached hydrogens (primary N) is 1. The lowest BCUT2D eigenvalue weighted by Crippen LogP contribution is -2.41. The predicted octanol–water partition coefficient (Wildman–Crippen LogP) is 0.916. The first kappa shape index (κ1) is 17.4. The molecule has 0 aliphatic heterocycles. The van der Waals surface area contributed by atoms with Gasteiger partial charge in [0.05, 0.1) is 17.9 Å². The van der Waals surface area contributed by atoms with E-state index in [1.807, 2.05) is 13.8 Å². The third-order valence-corrected chi connectivity index (χ3v) is 4.57. The summed E-state index contributed by atoms with van der Waals surface area (Å²) in [6.07, 6.45) is 0. The molecule has 0 aliphatic rings. The van der Waals surface area contributed by atoms with Crippen LogP contribution in [0.5, 0.6) is 0 Å². The van der Waals surface area contributed by atoms with Gasteiger partial charge in [0.2, 0.25) is 10.0 Å². The molecule has 1 aromatic rings. The Morgan fingerprint density at radius 1 is 1.43 bits per heavy atom. The number of aromatic carboxylic acids is 1. The molecule has 0 heterocycles. The molecule has 1 rings (SSSR count). The fourth-order valence-corrected chi connectivity index (χ4v) is 3.21. The molecule has 1 unspecified atom stereocenters. The number of ether oxygens (including phenoxy) is 1. The molecule has 0 fully saturated rings. The van der Waals surface area contributed by atoms with E-state index >= 15 is 0 Å². The Morgan fingerprint density at radius 3 is 2.48 bits per heavy atom. The smallest absolute Gasteiger partial charge is 0.335 e. The maximum Gasteiger partial charge on any atom is 0.335 e. The average Bonchev–Trinajstić information content (AvgIpc) is 2.37. The minimum Gasteiger partial charge on any atom is -0.478 e. The maximum atomic E-state index is 12.3. The Balaban J connectivity index is 3.10. The van der Waals surface area contributed by atoms with Gasteiger partial charge in [-0.2, -0.15) is 0 Å². The number of nitrogens with one attached hydrogen (secondary N) is 1. The van der Waals surface area contributed by atoms with Gasteiger partial charge in [0.25, 0.3) is 0 Å². The van der Waals surface area contributed by atoms with Gasteiger partial charge in [-0.25, -0.2) is 17.9 Å². The van der Waals surface area contributed by atoms with Gasteiger partial charge in [0.1, 0.15) is 4.90 Å².